The fourth-order valence-electron chi connectivity index (χ4n) is 1.93. The molecule has 2 aromatic carbocycles. The SMILES string of the molecule is C/C=C\C.C=C(F)/C=C\C.C=O.CC.N=C(OC(N)=NC(=O)c1ccc(SC(F)(F)F)cc1)c1ccc(Cl)cc1. The van der Waals surface area contributed by atoms with E-state index in [0.717, 1.165) is 12.1 Å². The quantitative estimate of drug-likeness (QED) is 0.0906. The van der Waals surface area contributed by atoms with Gasteiger partial charge >= 0.3 is 5.51 Å². The molecule has 1 amide bonds. The first-order valence-corrected chi connectivity index (χ1v) is 12.6. The number of rotatable bonds is 4. The Bertz CT molecular complexity index is 1100. The lowest BCUT2D eigenvalue weighted by Crippen LogP contribution is -2.22. The zero-order chi connectivity index (χ0) is 31.7. The maximum atomic E-state index is 12.3. The van der Waals surface area contributed by atoms with Crippen LogP contribution in [0.1, 0.15) is 50.5 Å². The van der Waals surface area contributed by atoms with Crippen LogP contribution in [0.2, 0.25) is 5.02 Å². The summed E-state index contributed by atoms with van der Waals surface area (Å²) in [6.45, 7) is 14.7. The lowest BCUT2D eigenvalue weighted by Gasteiger charge is -2.06. The summed E-state index contributed by atoms with van der Waals surface area (Å²) < 4.78 is 53.2. The number of carbonyl (C=O) groups excluding carboxylic acids is 2. The van der Waals surface area contributed by atoms with Crippen molar-refractivity contribution in [1.29, 1.82) is 5.41 Å². The van der Waals surface area contributed by atoms with Crippen LogP contribution in [0.4, 0.5) is 17.6 Å². The van der Waals surface area contributed by atoms with Crippen molar-refractivity contribution >= 4 is 48.0 Å². The van der Waals surface area contributed by atoms with Gasteiger partial charge in [-0.1, -0.05) is 50.3 Å². The van der Waals surface area contributed by atoms with Crippen LogP contribution in [0.15, 0.2) is 95.1 Å². The van der Waals surface area contributed by atoms with Crippen molar-refractivity contribution in [3.8, 4) is 0 Å². The minimum Gasteiger partial charge on any atom is -0.407 e. The average Bonchev–Trinajstić information content (AvgIpc) is 2.91. The number of ether oxygens (including phenoxy) is 1. The molecule has 0 atom stereocenters. The number of alkyl halides is 3. The Balaban J connectivity index is -0.000000818. The van der Waals surface area contributed by atoms with Crippen molar-refractivity contribution in [3.05, 3.63) is 101 Å². The molecule has 0 bridgehead atoms. The van der Waals surface area contributed by atoms with Crippen LogP contribution < -0.4 is 5.73 Å². The van der Waals surface area contributed by atoms with Gasteiger partial charge in [-0.25, -0.2) is 4.39 Å². The highest BCUT2D eigenvalue weighted by Gasteiger charge is 2.29. The number of aliphatic imine (C=N–C) groups is 1. The normalized spacial score (nSPS) is 10.4. The molecule has 0 heterocycles. The predicted octanol–water partition coefficient (Wildman–Crippen LogP) is 8.92. The lowest BCUT2D eigenvalue weighted by molar-refractivity contribution is -0.0980. The van der Waals surface area contributed by atoms with E-state index in [9.17, 15) is 22.4 Å². The smallest absolute Gasteiger partial charge is 0.407 e. The van der Waals surface area contributed by atoms with E-state index in [4.69, 9.17) is 32.3 Å². The standard InChI is InChI=1S/C16H11ClF3N3O2S.C5H7F.C4H8.C2H6.CH2O/c17-11-5-1-9(2-6-11)13(21)25-15(22)23-14(24)10-3-7-12(8-4-10)26-16(18,19)20;1-3-4-5(2)6;1-3-4-2;2*1-2/h1-8,21H,(H2,22,23,24);3-4H,2H2,1H3;3-4H,1-2H3;1-2H3;1H2/b;2*4-3-;;. The van der Waals surface area contributed by atoms with E-state index < -0.39 is 23.3 Å². The Labute approximate surface area is 242 Å². The molecule has 0 aliphatic carbocycles. The fourth-order valence-corrected chi connectivity index (χ4v) is 2.60. The molecule has 220 valence electrons. The molecular formula is C28H34ClF4N3O3S. The first kappa shape index (κ1) is 40.8. The molecule has 0 aliphatic heterocycles. The summed E-state index contributed by atoms with van der Waals surface area (Å²) >= 11 is 5.45. The molecule has 0 fully saturated rings. The summed E-state index contributed by atoms with van der Waals surface area (Å²) in [4.78, 5) is 23.4. The predicted molar refractivity (Wildman–Crippen MR) is 158 cm³/mol. The number of carbonyl (C=O) groups is 2. The third-order valence-corrected chi connectivity index (χ3v) is 4.53. The Hall–Kier alpha value is -3.70. The first-order valence-electron chi connectivity index (χ1n) is 11.4. The van der Waals surface area contributed by atoms with E-state index in [1.165, 1.54) is 30.3 Å². The maximum Gasteiger partial charge on any atom is 0.446 e. The number of thioether (sulfide) groups is 1. The summed E-state index contributed by atoms with van der Waals surface area (Å²) in [5, 5.41) is 8.22. The highest BCUT2D eigenvalue weighted by molar-refractivity contribution is 8.00. The van der Waals surface area contributed by atoms with E-state index in [-0.39, 0.29) is 28.1 Å². The summed E-state index contributed by atoms with van der Waals surface area (Å²) in [6, 6.07) is 10.3. The molecule has 40 heavy (non-hydrogen) atoms. The van der Waals surface area contributed by atoms with Gasteiger partial charge in [0.1, 0.15) is 12.6 Å². The van der Waals surface area contributed by atoms with Gasteiger partial charge in [0.2, 0.25) is 5.90 Å². The third-order valence-electron chi connectivity index (χ3n) is 3.54. The largest absolute Gasteiger partial charge is 0.446 e. The topological polar surface area (TPSA) is 106 Å². The zero-order valence-electron chi connectivity index (χ0n) is 22.9. The zero-order valence-corrected chi connectivity index (χ0v) is 24.5. The van der Waals surface area contributed by atoms with Gasteiger partial charge in [-0.15, -0.1) is 0 Å². The van der Waals surface area contributed by atoms with Gasteiger partial charge < -0.3 is 15.3 Å². The van der Waals surface area contributed by atoms with Gasteiger partial charge in [0.25, 0.3) is 11.9 Å². The second kappa shape index (κ2) is 24.3. The molecular weight excluding hydrogens is 570 g/mol. The second-order valence-corrected chi connectivity index (χ2v) is 7.95. The van der Waals surface area contributed by atoms with E-state index >= 15 is 0 Å². The molecule has 0 spiro atoms. The van der Waals surface area contributed by atoms with Gasteiger partial charge in [0.05, 0.1) is 0 Å². The summed E-state index contributed by atoms with van der Waals surface area (Å²) in [5.41, 5.74) is 1.47. The summed E-state index contributed by atoms with van der Waals surface area (Å²) in [5.74, 6) is -1.54. The van der Waals surface area contributed by atoms with Crippen LogP contribution in [0.5, 0.6) is 0 Å². The van der Waals surface area contributed by atoms with Crippen LogP contribution in [0.3, 0.4) is 0 Å². The van der Waals surface area contributed by atoms with Gasteiger partial charge in [0.15, 0.2) is 0 Å². The molecule has 0 unspecified atom stereocenters. The number of hydrogen-bond donors (Lipinski definition) is 2. The number of nitrogens with zero attached hydrogens (tertiary/aromatic N) is 1. The van der Waals surface area contributed by atoms with E-state index in [0.29, 0.717) is 10.6 Å². The van der Waals surface area contributed by atoms with Crippen molar-refractivity contribution in [2.75, 3.05) is 0 Å². The van der Waals surface area contributed by atoms with E-state index in [1.807, 2.05) is 46.6 Å². The van der Waals surface area contributed by atoms with Gasteiger partial charge in [0, 0.05) is 21.0 Å². The van der Waals surface area contributed by atoms with Gasteiger partial charge in [-0.2, -0.15) is 18.2 Å². The average molecular weight is 604 g/mol. The monoisotopic (exact) mass is 603 g/mol. The maximum absolute atomic E-state index is 12.3. The molecule has 0 aromatic heterocycles. The minimum absolute atomic E-state index is 0.0288. The van der Waals surface area contributed by atoms with Crippen LogP contribution in [-0.2, 0) is 9.53 Å². The molecule has 0 aliphatic rings. The third kappa shape index (κ3) is 22.3. The number of benzene rings is 2. The van der Waals surface area contributed by atoms with Gasteiger partial charge in [-0.05, 0) is 87.1 Å². The molecule has 0 saturated carbocycles. The number of halogens is 5. The number of nitrogens with two attached hydrogens (primary N) is 1. The second-order valence-electron chi connectivity index (χ2n) is 6.38. The number of nitrogens with one attached hydrogen (secondary N) is 1. The molecule has 2 rings (SSSR count). The van der Waals surface area contributed by atoms with Crippen LogP contribution in [0.25, 0.3) is 0 Å². The number of amides is 1. The molecule has 6 nitrogen and oxygen atoms in total. The van der Waals surface area contributed by atoms with E-state index in [2.05, 4.69) is 11.6 Å². The molecule has 3 N–H and O–H groups in total. The lowest BCUT2D eigenvalue weighted by atomic mass is 10.2. The van der Waals surface area contributed by atoms with Crippen LogP contribution in [-0.4, -0.2) is 30.1 Å². The Morgan fingerprint density at radius 2 is 1.43 bits per heavy atom. The van der Waals surface area contributed by atoms with Crippen molar-refractivity contribution in [2.24, 2.45) is 10.7 Å². The van der Waals surface area contributed by atoms with Crippen molar-refractivity contribution in [3.63, 3.8) is 0 Å². The van der Waals surface area contributed by atoms with Crippen molar-refractivity contribution in [1.82, 2.24) is 0 Å². The first-order chi connectivity index (χ1) is 18.8. The molecule has 0 radical (unpaired) electrons. The van der Waals surface area contributed by atoms with Crippen LogP contribution in [0, 0.1) is 5.41 Å². The number of allylic oxidation sites excluding steroid dienone is 5. The fraction of sp³-hybridized carbons (Fsp3) is 0.214. The number of hydrogen-bond acceptors (Lipinski definition) is 5. The highest BCUT2D eigenvalue weighted by Crippen LogP contribution is 2.36. The summed E-state index contributed by atoms with van der Waals surface area (Å²) in [6.07, 6.45) is 6.91. The van der Waals surface area contributed by atoms with Gasteiger partial charge in [-0.3, -0.25) is 10.2 Å². The Morgan fingerprint density at radius 1 is 0.975 bits per heavy atom. The van der Waals surface area contributed by atoms with Crippen molar-refractivity contribution < 1.29 is 31.9 Å². The number of amidine groups is 1. The van der Waals surface area contributed by atoms with Crippen LogP contribution >= 0.6 is 23.4 Å². The highest BCUT2D eigenvalue weighted by atomic mass is 35.5. The minimum atomic E-state index is -4.41. The Kier molecular flexibility index (Phi) is 24.8. The molecule has 0 saturated heterocycles. The summed E-state index contributed by atoms with van der Waals surface area (Å²) in [7, 11) is 0. The molecule has 12 heteroatoms. The molecule has 2 aromatic rings. The Morgan fingerprint density at radius 3 is 1.77 bits per heavy atom. The van der Waals surface area contributed by atoms with Crippen molar-refractivity contribution in [2.45, 2.75) is 45.0 Å². The van der Waals surface area contributed by atoms with E-state index in [1.54, 1.807) is 25.1 Å².